The van der Waals surface area contributed by atoms with Crippen LogP contribution in [0.15, 0.2) is 18.2 Å². The number of rotatable bonds is 3. The highest BCUT2D eigenvalue weighted by atomic mass is 16.5. The first-order chi connectivity index (χ1) is 6.63. The standard InChI is InChI=1S/C10H13NO3/c1-7-4-3-5-8(11-7)9(12)6-10(13)14-2/h3-5,9,12H,6H2,1-2H3. The molecule has 1 rings (SSSR count). The summed E-state index contributed by atoms with van der Waals surface area (Å²) in [6.07, 6.45) is -0.949. The SMILES string of the molecule is COC(=O)CC(O)c1cccc(C)n1. The van der Waals surface area contributed by atoms with Crippen molar-refractivity contribution in [1.82, 2.24) is 4.98 Å². The number of pyridine rings is 1. The molecule has 4 heteroatoms. The van der Waals surface area contributed by atoms with Crippen LogP contribution in [-0.4, -0.2) is 23.2 Å². The first-order valence-corrected chi connectivity index (χ1v) is 4.32. The van der Waals surface area contributed by atoms with Gasteiger partial charge in [-0.15, -0.1) is 0 Å². The average molecular weight is 195 g/mol. The number of carbonyl (C=O) groups excluding carboxylic acids is 1. The van der Waals surface area contributed by atoms with E-state index in [1.807, 2.05) is 13.0 Å². The number of nitrogens with zero attached hydrogens (tertiary/aromatic N) is 1. The molecule has 0 aromatic carbocycles. The summed E-state index contributed by atoms with van der Waals surface area (Å²) in [6, 6.07) is 5.30. The van der Waals surface area contributed by atoms with Gasteiger partial charge in [0.05, 0.1) is 19.2 Å². The van der Waals surface area contributed by atoms with Gasteiger partial charge in [-0.25, -0.2) is 0 Å². The quantitative estimate of drug-likeness (QED) is 0.730. The maximum atomic E-state index is 10.9. The summed E-state index contributed by atoms with van der Waals surface area (Å²) in [5, 5.41) is 9.58. The number of aliphatic hydroxyl groups excluding tert-OH is 1. The minimum Gasteiger partial charge on any atom is -0.469 e. The Balaban J connectivity index is 2.69. The van der Waals surface area contributed by atoms with Crippen LogP contribution in [0.3, 0.4) is 0 Å². The third-order valence-corrected chi connectivity index (χ3v) is 1.84. The summed E-state index contributed by atoms with van der Waals surface area (Å²) in [5.41, 5.74) is 1.31. The summed E-state index contributed by atoms with van der Waals surface area (Å²) >= 11 is 0. The number of ether oxygens (including phenoxy) is 1. The average Bonchev–Trinajstić information content (AvgIpc) is 2.17. The molecule has 0 aliphatic carbocycles. The Bertz CT molecular complexity index is 325. The fraction of sp³-hybridized carbons (Fsp3) is 0.400. The molecule has 76 valence electrons. The van der Waals surface area contributed by atoms with Crippen molar-refractivity contribution in [3.05, 3.63) is 29.6 Å². The Morgan fingerprint density at radius 2 is 2.36 bits per heavy atom. The summed E-state index contributed by atoms with van der Waals surface area (Å²) in [7, 11) is 1.29. The van der Waals surface area contributed by atoms with Gasteiger partial charge in [0.25, 0.3) is 0 Å². The van der Waals surface area contributed by atoms with Crippen molar-refractivity contribution in [2.45, 2.75) is 19.4 Å². The summed E-state index contributed by atoms with van der Waals surface area (Å²) in [6.45, 7) is 1.83. The molecular formula is C10H13NO3. The Morgan fingerprint density at radius 3 is 2.93 bits per heavy atom. The Hall–Kier alpha value is -1.42. The van der Waals surface area contributed by atoms with Crippen molar-refractivity contribution in [1.29, 1.82) is 0 Å². The van der Waals surface area contributed by atoms with E-state index in [0.29, 0.717) is 5.69 Å². The van der Waals surface area contributed by atoms with Crippen LogP contribution in [0.2, 0.25) is 0 Å². The molecule has 1 aromatic rings. The molecular weight excluding hydrogens is 182 g/mol. The third kappa shape index (κ3) is 2.81. The number of carbonyl (C=O) groups is 1. The van der Waals surface area contributed by atoms with E-state index in [0.717, 1.165) is 5.69 Å². The fourth-order valence-electron chi connectivity index (χ4n) is 1.10. The predicted octanol–water partition coefficient (Wildman–Crippen LogP) is 0.987. The van der Waals surface area contributed by atoms with Crippen LogP contribution in [0.4, 0.5) is 0 Å². The van der Waals surface area contributed by atoms with Gasteiger partial charge in [0.1, 0.15) is 6.10 Å². The van der Waals surface area contributed by atoms with Gasteiger partial charge < -0.3 is 9.84 Å². The molecule has 14 heavy (non-hydrogen) atoms. The third-order valence-electron chi connectivity index (χ3n) is 1.84. The largest absolute Gasteiger partial charge is 0.469 e. The highest BCUT2D eigenvalue weighted by Gasteiger charge is 2.14. The lowest BCUT2D eigenvalue weighted by atomic mass is 10.1. The van der Waals surface area contributed by atoms with E-state index < -0.39 is 12.1 Å². The van der Waals surface area contributed by atoms with Crippen molar-refractivity contribution in [2.75, 3.05) is 7.11 Å². The van der Waals surface area contributed by atoms with E-state index in [9.17, 15) is 9.90 Å². The topological polar surface area (TPSA) is 59.4 Å². The minimum atomic E-state index is -0.887. The van der Waals surface area contributed by atoms with Crippen LogP contribution in [0.1, 0.15) is 23.9 Å². The fourth-order valence-corrected chi connectivity index (χ4v) is 1.10. The molecule has 1 aromatic heterocycles. The molecule has 0 spiro atoms. The maximum absolute atomic E-state index is 10.9. The smallest absolute Gasteiger partial charge is 0.308 e. The number of hydrogen-bond acceptors (Lipinski definition) is 4. The Kier molecular flexibility index (Phi) is 3.59. The van der Waals surface area contributed by atoms with Crippen molar-refractivity contribution < 1.29 is 14.6 Å². The number of aryl methyl sites for hydroxylation is 1. The summed E-state index contributed by atoms with van der Waals surface area (Å²) < 4.78 is 4.45. The number of esters is 1. The van der Waals surface area contributed by atoms with E-state index >= 15 is 0 Å². The van der Waals surface area contributed by atoms with Crippen LogP contribution in [0.5, 0.6) is 0 Å². The van der Waals surface area contributed by atoms with Crippen LogP contribution in [-0.2, 0) is 9.53 Å². The number of methoxy groups -OCH3 is 1. The Labute approximate surface area is 82.5 Å². The van der Waals surface area contributed by atoms with E-state index in [-0.39, 0.29) is 6.42 Å². The van der Waals surface area contributed by atoms with Gasteiger partial charge in [-0.3, -0.25) is 9.78 Å². The van der Waals surface area contributed by atoms with Crippen LogP contribution in [0.25, 0.3) is 0 Å². The molecule has 0 amide bonds. The molecule has 1 unspecified atom stereocenters. The monoisotopic (exact) mass is 195 g/mol. The maximum Gasteiger partial charge on any atom is 0.308 e. The van der Waals surface area contributed by atoms with Crippen LogP contribution < -0.4 is 0 Å². The molecule has 0 saturated carbocycles. The van der Waals surface area contributed by atoms with E-state index in [1.165, 1.54) is 7.11 Å². The second-order valence-corrected chi connectivity index (χ2v) is 3.00. The van der Waals surface area contributed by atoms with Gasteiger partial charge >= 0.3 is 5.97 Å². The van der Waals surface area contributed by atoms with Gasteiger partial charge in [-0.05, 0) is 19.1 Å². The molecule has 0 bridgehead atoms. The number of aromatic nitrogens is 1. The number of aliphatic hydroxyl groups is 1. The van der Waals surface area contributed by atoms with Gasteiger partial charge in [0, 0.05) is 5.69 Å². The van der Waals surface area contributed by atoms with Gasteiger partial charge in [-0.1, -0.05) is 6.07 Å². The highest BCUT2D eigenvalue weighted by Crippen LogP contribution is 2.14. The minimum absolute atomic E-state index is 0.0625. The van der Waals surface area contributed by atoms with Gasteiger partial charge in [0.15, 0.2) is 0 Å². The predicted molar refractivity (Wildman–Crippen MR) is 50.6 cm³/mol. The lowest BCUT2D eigenvalue weighted by molar-refractivity contribution is -0.142. The zero-order chi connectivity index (χ0) is 10.6. The molecule has 1 heterocycles. The Morgan fingerprint density at radius 1 is 1.64 bits per heavy atom. The van der Waals surface area contributed by atoms with Crippen molar-refractivity contribution in [2.24, 2.45) is 0 Å². The van der Waals surface area contributed by atoms with E-state index in [1.54, 1.807) is 12.1 Å². The normalized spacial score (nSPS) is 12.2. The molecule has 0 aliphatic rings. The lowest BCUT2D eigenvalue weighted by Crippen LogP contribution is -2.09. The van der Waals surface area contributed by atoms with Crippen LogP contribution >= 0.6 is 0 Å². The van der Waals surface area contributed by atoms with Crippen molar-refractivity contribution in [3.8, 4) is 0 Å². The van der Waals surface area contributed by atoms with Crippen molar-refractivity contribution >= 4 is 5.97 Å². The first kappa shape index (κ1) is 10.7. The highest BCUT2D eigenvalue weighted by molar-refractivity contribution is 5.69. The second kappa shape index (κ2) is 4.72. The molecule has 0 radical (unpaired) electrons. The molecule has 0 aliphatic heterocycles. The molecule has 1 atom stereocenters. The molecule has 1 N–H and O–H groups in total. The molecule has 0 saturated heterocycles. The second-order valence-electron chi connectivity index (χ2n) is 3.00. The molecule has 0 fully saturated rings. The first-order valence-electron chi connectivity index (χ1n) is 4.32. The zero-order valence-electron chi connectivity index (χ0n) is 8.23. The summed E-state index contributed by atoms with van der Waals surface area (Å²) in [4.78, 5) is 15.0. The van der Waals surface area contributed by atoms with Gasteiger partial charge in [-0.2, -0.15) is 0 Å². The summed E-state index contributed by atoms with van der Waals surface area (Å²) in [5.74, 6) is -0.444. The number of hydrogen-bond donors (Lipinski definition) is 1. The van der Waals surface area contributed by atoms with Gasteiger partial charge in [0.2, 0.25) is 0 Å². The lowest BCUT2D eigenvalue weighted by Gasteiger charge is -2.08. The molecule has 4 nitrogen and oxygen atoms in total. The van der Waals surface area contributed by atoms with Crippen molar-refractivity contribution in [3.63, 3.8) is 0 Å². The van der Waals surface area contributed by atoms with E-state index in [4.69, 9.17) is 0 Å². The van der Waals surface area contributed by atoms with E-state index in [2.05, 4.69) is 9.72 Å². The zero-order valence-corrected chi connectivity index (χ0v) is 8.23. The van der Waals surface area contributed by atoms with Crippen LogP contribution in [0, 0.1) is 6.92 Å².